The Labute approximate surface area is 121 Å². The molecular formula is C14H16FN5O. The first-order valence-electron chi connectivity index (χ1n) is 6.66. The lowest BCUT2D eigenvalue weighted by molar-refractivity contribution is 0.387. The van der Waals surface area contributed by atoms with Gasteiger partial charge in [0.05, 0.1) is 7.11 Å². The molecule has 1 saturated carbocycles. The maximum Gasteiger partial charge on any atom is 0.165 e. The van der Waals surface area contributed by atoms with E-state index >= 15 is 0 Å². The number of hydrogen-bond donors (Lipinski definition) is 3. The molecule has 3 rings (SSSR count). The molecule has 21 heavy (non-hydrogen) atoms. The summed E-state index contributed by atoms with van der Waals surface area (Å²) in [4.78, 5) is 8.80. The Morgan fingerprint density at radius 2 is 2.00 bits per heavy atom. The topological polar surface area (TPSA) is 85.1 Å². The van der Waals surface area contributed by atoms with Crippen LogP contribution in [0.1, 0.15) is 24.6 Å². The van der Waals surface area contributed by atoms with Crippen molar-refractivity contribution in [3.05, 3.63) is 35.9 Å². The number of nitrogens with one attached hydrogen (secondary N) is 2. The Bertz CT molecular complexity index is 660. The summed E-state index contributed by atoms with van der Waals surface area (Å²) in [5, 5.41) is 3.11. The summed E-state index contributed by atoms with van der Waals surface area (Å²) >= 11 is 0. The van der Waals surface area contributed by atoms with E-state index in [0.29, 0.717) is 23.2 Å². The van der Waals surface area contributed by atoms with Crippen molar-refractivity contribution in [1.29, 1.82) is 0 Å². The summed E-state index contributed by atoms with van der Waals surface area (Å²) in [6.45, 7) is 0. The number of nitrogens with zero attached hydrogens (tertiary/aromatic N) is 2. The summed E-state index contributed by atoms with van der Waals surface area (Å²) in [5.41, 5.74) is 3.21. The standard InChI is InChI=1S/C14H16FN5O/c1-21-11-6-9(4-5-10(11)15)17-12-7-13(20-16)19-14(18-12)8-2-3-8/h4-8H,2-3,16H2,1H3,(H2,17,18,19,20). The zero-order valence-corrected chi connectivity index (χ0v) is 11.6. The Kier molecular flexibility index (Phi) is 3.57. The molecule has 0 atom stereocenters. The van der Waals surface area contributed by atoms with Crippen molar-refractivity contribution in [3.63, 3.8) is 0 Å². The molecule has 2 aromatic rings. The van der Waals surface area contributed by atoms with Gasteiger partial charge in [0.1, 0.15) is 17.5 Å². The van der Waals surface area contributed by atoms with E-state index in [2.05, 4.69) is 20.7 Å². The lowest BCUT2D eigenvalue weighted by atomic mass is 10.3. The van der Waals surface area contributed by atoms with E-state index in [9.17, 15) is 4.39 Å². The Morgan fingerprint density at radius 1 is 1.24 bits per heavy atom. The van der Waals surface area contributed by atoms with Gasteiger partial charge in [0.25, 0.3) is 0 Å². The highest BCUT2D eigenvalue weighted by atomic mass is 19.1. The second-order valence-corrected chi connectivity index (χ2v) is 4.89. The fourth-order valence-electron chi connectivity index (χ4n) is 2.01. The quantitative estimate of drug-likeness (QED) is 0.579. The van der Waals surface area contributed by atoms with Crippen LogP contribution in [-0.4, -0.2) is 17.1 Å². The number of hydrogen-bond acceptors (Lipinski definition) is 6. The van der Waals surface area contributed by atoms with E-state index in [1.54, 1.807) is 18.2 Å². The maximum atomic E-state index is 13.4. The average molecular weight is 289 g/mol. The van der Waals surface area contributed by atoms with E-state index in [1.807, 2.05) is 0 Å². The van der Waals surface area contributed by atoms with E-state index in [4.69, 9.17) is 10.6 Å². The van der Waals surface area contributed by atoms with Gasteiger partial charge in [-0.15, -0.1) is 0 Å². The number of aromatic nitrogens is 2. The first-order valence-corrected chi connectivity index (χ1v) is 6.66. The summed E-state index contributed by atoms with van der Waals surface area (Å²) in [6, 6.07) is 6.23. The van der Waals surface area contributed by atoms with Crippen molar-refractivity contribution in [3.8, 4) is 5.75 Å². The number of nitrogens with two attached hydrogens (primary N) is 1. The van der Waals surface area contributed by atoms with Crippen molar-refractivity contribution in [2.75, 3.05) is 17.9 Å². The highest BCUT2D eigenvalue weighted by molar-refractivity contribution is 5.61. The van der Waals surface area contributed by atoms with Crippen molar-refractivity contribution >= 4 is 17.3 Å². The molecule has 0 aliphatic heterocycles. The fourth-order valence-corrected chi connectivity index (χ4v) is 2.01. The molecule has 6 nitrogen and oxygen atoms in total. The first kappa shape index (κ1) is 13.6. The molecule has 1 aromatic carbocycles. The van der Waals surface area contributed by atoms with E-state index in [-0.39, 0.29) is 5.75 Å². The minimum Gasteiger partial charge on any atom is -0.494 e. The fraction of sp³-hybridized carbons (Fsp3) is 0.286. The normalized spacial score (nSPS) is 13.9. The molecule has 4 N–H and O–H groups in total. The molecule has 1 aliphatic rings. The summed E-state index contributed by atoms with van der Waals surface area (Å²) in [6.07, 6.45) is 2.19. The Balaban J connectivity index is 1.88. The van der Waals surface area contributed by atoms with Crippen molar-refractivity contribution in [2.45, 2.75) is 18.8 Å². The molecule has 1 aliphatic carbocycles. The monoisotopic (exact) mass is 289 g/mol. The van der Waals surface area contributed by atoms with Crippen LogP contribution in [0.25, 0.3) is 0 Å². The Morgan fingerprint density at radius 3 is 2.67 bits per heavy atom. The highest BCUT2D eigenvalue weighted by Crippen LogP contribution is 2.39. The number of methoxy groups -OCH3 is 1. The minimum absolute atomic E-state index is 0.175. The van der Waals surface area contributed by atoms with Crippen LogP contribution in [0.2, 0.25) is 0 Å². The molecule has 0 unspecified atom stereocenters. The zero-order valence-electron chi connectivity index (χ0n) is 11.6. The SMILES string of the molecule is COc1cc(Nc2cc(NN)nc(C3CC3)n2)ccc1F. The predicted molar refractivity (Wildman–Crippen MR) is 78.1 cm³/mol. The molecule has 0 bridgehead atoms. The average Bonchev–Trinajstić information content (AvgIpc) is 3.33. The van der Waals surface area contributed by atoms with Gasteiger partial charge in [0, 0.05) is 23.7 Å². The molecule has 1 heterocycles. The van der Waals surface area contributed by atoms with Crippen LogP contribution < -0.4 is 21.3 Å². The molecule has 0 saturated heterocycles. The van der Waals surface area contributed by atoms with Crippen LogP contribution in [0, 0.1) is 5.82 Å². The number of rotatable bonds is 5. The molecule has 0 amide bonds. The zero-order chi connectivity index (χ0) is 14.8. The minimum atomic E-state index is -0.409. The number of nitrogen functional groups attached to an aromatic ring is 1. The number of benzene rings is 1. The van der Waals surface area contributed by atoms with Gasteiger partial charge < -0.3 is 15.5 Å². The van der Waals surface area contributed by atoms with Gasteiger partial charge in [-0.25, -0.2) is 20.2 Å². The smallest absolute Gasteiger partial charge is 0.165 e. The highest BCUT2D eigenvalue weighted by Gasteiger charge is 2.27. The van der Waals surface area contributed by atoms with Crippen LogP contribution >= 0.6 is 0 Å². The lowest BCUT2D eigenvalue weighted by Gasteiger charge is -2.10. The van der Waals surface area contributed by atoms with E-state index in [1.165, 1.54) is 13.2 Å². The van der Waals surface area contributed by atoms with Gasteiger partial charge >= 0.3 is 0 Å². The van der Waals surface area contributed by atoms with Crippen LogP contribution in [0.15, 0.2) is 24.3 Å². The van der Waals surface area contributed by atoms with Crippen molar-refractivity contribution in [1.82, 2.24) is 9.97 Å². The summed E-state index contributed by atoms with van der Waals surface area (Å²) < 4.78 is 18.4. The van der Waals surface area contributed by atoms with Crippen LogP contribution in [0.5, 0.6) is 5.75 Å². The molecule has 1 aromatic heterocycles. The van der Waals surface area contributed by atoms with E-state index in [0.717, 1.165) is 18.7 Å². The Hall–Kier alpha value is -2.41. The van der Waals surface area contributed by atoms with E-state index < -0.39 is 5.82 Å². The van der Waals surface area contributed by atoms with Gasteiger partial charge in [0.2, 0.25) is 0 Å². The molecule has 7 heteroatoms. The van der Waals surface area contributed by atoms with Gasteiger partial charge in [0.15, 0.2) is 11.6 Å². The van der Waals surface area contributed by atoms with Gasteiger partial charge in [-0.1, -0.05) is 0 Å². The third-order valence-electron chi connectivity index (χ3n) is 3.26. The number of halogens is 1. The molecular weight excluding hydrogens is 273 g/mol. The third kappa shape index (κ3) is 3.03. The number of hydrazine groups is 1. The second kappa shape index (κ2) is 5.53. The summed E-state index contributed by atoms with van der Waals surface area (Å²) in [5.74, 6) is 7.52. The number of anilines is 3. The predicted octanol–water partition coefficient (Wildman–Crippen LogP) is 2.53. The molecule has 0 spiro atoms. The molecule has 1 fully saturated rings. The van der Waals surface area contributed by atoms with Gasteiger partial charge in [-0.3, -0.25) is 0 Å². The van der Waals surface area contributed by atoms with Gasteiger partial charge in [-0.05, 0) is 25.0 Å². The number of ether oxygens (including phenoxy) is 1. The van der Waals surface area contributed by atoms with Crippen LogP contribution in [-0.2, 0) is 0 Å². The third-order valence-corrected chi connectivity index (χ3v) is 3.26. The summed E-state index contributed by atoms with van der Waals surface area (Å²) in [7, 11) is 1.43. The van der Waals surface area contributed by atoms with Crippen molar-refractivity contribution in [2.24, 2.45) is 5.84 Å². The lowest BCUT2D eigenvalue weighted by Crippen LogP contribution is -2.11. The first-order chi connectivity index (χ1) is 10.2. The second-order valence-electron chi connectivity index (χ2n) is 4.89. The largest absolute Gasteiger partial charge is 0.494 e. The maximum absolute atomic E-state index is 13.4. The molecule has 110 valence electrons. The van der Waals surface area contributed by atoms with Crippen LogP contribution in [0.3, 0.4) is 0 Å². The van der Waals surface area contributed by atoms with Crippen LogP contribution in [0.4, 0.5) is 21.7 Å². The molecule has 0 radical (unpaired) electrons. The van der Waals surface area contributed by atoms with Crippen molar-refractivity contribution < 1.29 is 9.13 Å². The van der Waals surface area contributed by atoms with Gasteiger partial charge in [-0.2, -0.15) is 0 Å².